The van der Waals surface area contributed by atoms with Gasteiger partial charge >= 0.3 is 5.97 Å². The predicted molar refractivity (Wildman–Crippen MR) is 76.3 cm³/mol. The molecule has 0 unspecified atom stereocenters. The zero-order chi connectivity index (χ0) is 15.5. The van der Waals surface area contributed by atoms with Crippen LogP contribution < -0.4 is 0 Å². The van der Waals surface area contributed by atoms with Crippen molar-refractivity contribution in [2.45, 2.75) is 71.6 Å². The molecule has 0 bridgehead atoms. The van der Waals surface area contributed by atoms with Crippen LogP contribution in [0.25, 0.3) is 0 Å². The average molecular weight is 278 g/mol. The molecule has 1 aliphatic carbocycles. The number of esters is 1. The van der Waals surface area contributed by atoms with E-state index in [0.29, 0.717) is 12.0 Å². The van der Waals surface area contributed by atoms with Crippen LogP contribution in [0.15, 0.2) is 22.8 Å². The molecular weight excluding hydrogens is 254 g/mol. The predicted octanol–water partition coefficient (Wildman–Crippen LogP) is 3.17. The van der Waals surface area contributed by atoms with Crippen molar-refractivity contribution in [2.75, 3.05) is 0 Å². The molecule has 0 fully saturated rings. The van der Waals surface area contributed by atoms with Crippen molar-refractivity contribution in [3.63, 3.8) is 0 Å². The van der Waals surface area contributed by atoms with E-state index in [2.05, 4.69) is 0 Å². The summed E-state index contributed by atoms with van der Waals surface area (Å²) in [4.78, 5) is 12.2. The quantitative estimate of drug-likeness (QED) is 0.692. The lowest BCUT2D eigenvalue weighted by molar-refractivity contribution is -0.240. The molecule has 0 aromatic heterocycles. The van der Waals surface area contributed by atoms with Crippen LogP contribution in [0.3, 0.4) is 0 Å². The summed E-state index contributed by atoms with van der Waals surface area (Å²) < 4.78 is 5.42. The molecule has 0 aromatic carbocycles. The summed E-state index contributed by atoms with van der Waals surface area (Å²) >= 11 is 0. The first kappa shape index (κ1) is 15.3. The van der Waals surface area contributed by atoms with Crippen LogP contribution in [-0.2, 0) is 14.7 Å². The molecule has 111 valence electrons. The summed E-state index contributed by atoms with van der Waals surface area (Å²) in [6.45, 7) is 13.2. The van der Waals surface area contributed by atoms with Crippen molar-refractivity contribution in [3.05, 3.63) is 22.8 Å². The van der Waals surface area contributed by atoms with E-state index >= 15 is 0 Å². The van der Waals surface area contributed by atoms with E-state index in [1.165, 1.54) is 0 Å². The summed E-state index contributed by atoms with van der Waals surface area (Å²) in [7, 11) is 0. The van der Waals surface area contributed by atoms with E-state index in [9.17, 15) is 10.0 Å². The fraction of sp³-hybridized carbons (Fsp3) is 0.688. The molecule has 1 aliphatic heterocycles. The Morgan fingerprint density at radius 2 is 1.75 bits per heavy atom. The molecule has 0 spiro atoms. The Hall–Kier alpha value is -1.13. The SMILES string of the molecule is CC(C)(C)OC(=O)C1=CC2=C(C1)C(C)(C)N([O])C2(C)C. The standard InChI is InChI=1S/C16H24NO3/c1-14(2,3)20-13(18)10-8-11-12(9-10)16(6,7)17(19)15(11,4)5/h8H,9H2,1-7H3. The smallest absolute Gasteiger partial charge is 0.334 e. The van der Waals surface area contributed by atoms with Crippen molar-refractivity contribution in [3.8, 4) is 0 Å². The molecule has 0 amide bonds. The van der Waals surface area contributed by atoms with E-state index in [0.717, 1.165) is 16.2 Å². The van der Waals surface area contributed by atoms with Crippen LogP contribution in [0, 0.1) is 0 Å². The summed E-state index contributed by atoms with van der Waals surface area (Å²) in [5.41, 5.74) is 0.998. The average Bonchev–Trinajstić information content (AvgIpc) is 2.75. The highest BCUT2D eigenvalue weighted by atomic mass is 16.6. The molecule has 4 nitrogen and oxygen atoms in total. The van der Waals surface area contributed by atoms with Crippen molar-refractivity contribution < 1.29 is 14.7 Å². The molecule has 1 heterocycles. The number of rotatable bonds is 1. The minimum atomic E-state index is -0.595. The molecule has 2 rings (SSSR count). The van der Waals surface area contributed by atoms with Gasteiger partial charge in [-0.05, 0) is 65.7 Å². The molecule has 0 saturated heterocycles. The largest absolute Gasteiger partial charge is 0.457 e. The first-order valence-corrected chi connectivity index (χ1v) is 7.03. The molecule has 2 aliphatic rings. The zero-order valence-corrected chi connectivity index (χ0v) is 13.5. The van der Waals surface area contributed by atoms with Gasteiger partial charge in [-0.2, -0.15) is 0 Å². The topological polar surface area (TPSA) is 49.4 Å². The molecule has 4 heteroatoms. The highest BCUT2D eigenvalue weighted by molar-refractivity contribution is 5.91. The second-order valence-corrected chi connectivity index (χ2v) is 7.65. The van der Waals surface area contributed by atoms with Gasteiger partial charge in [0.15, 0.2) is 0 Å². The fourth-order valence-corrected chi connectivity index (χ4v) is 3.10. The minimum Gasteiger partial charge on any atom is -0.457 e. The molecule has 0 saturated carbocycles. The summed E-state index contributed by atoms with van der Waals surface area (Å²) in [6, 6.07) is 0. The molecule has 0 atom stereocenters. The Morgan fingerprint density at radius 3 is 2.20 bits per heavy atom. The third-order valence-corrected chi connectivity index (χ3v) is 4.09. The van der Waals surface area contributed by atoms with Gasteiger partial charge < -0.3 is 4.74 Å². The normalized spacial score (nSPS) is 24.7. The lowest BCUT2D eigenvalue weighted by Crippen LogP contribution is -2.48. The number of nitrogens with zero attached hydrogens (tertiary/aromatic N) is 1. The Morgan fingerprint density at radius 1 is 1.20 bits per heavy atom. The van der Waals surface area contributed by atoms with Crippen LogP contribution in [0.2, 0.25) is 0 Å². The van der Waals surface area contributed by atoms with Crippen LogP contribution in [-0.4, -0.2) is 27.7 Å². The van der Waals surface area contributed by atoms with Gasteiger partial charge in [-0.15, -0.1) is 10.3 Å². The summed E-state index contributed by atoms with van der Waals surface area (Å²) in [5.74, 6) is -0.282. The van der Waals surface area contributed by atoms with Gasteiger partial charge in [0.2, 0.25) is 0 Å². The van der Waals surface area contributed by atoms with Crippen LogP contribution in [0.1, 0.15) is 54.9 Å². The Labute approximate surface area is 121 Å². The molecular formula is C16H24NO3. The monoisotopic (exact) mass is 278 g/mol. The van der Waals surface area contributed by atoms with Gasteiger partial charge in [-0.25, -0.2) is 4.79 Å². The van der Waals surface area contributed by atoms with Crippen molar-refractivity contribution >= 4 is 5.97 Å². The number of hydrogen-bond donors (Lipinski definition) is 0. The van der Waals surface area contributed by atoms with E-state index in [-0.39, 0.29) is 5.97 Å². The Balaban J connectivity index is 2.28. The maximum absolute atomic E-state index is 12.4. The number of hydroxylamine groups is 2. The minimum absolute atomic E-state index is 0.282. The number of hydrogen-bond acceptors (Lipinski definition) is 3. The fourth-order valence-electron chi connectivity index (χ4n) is 3.10. The second-order valence-electron chi connectivity index (χ2n) is 7.65. The summed E-state index contributed by atoms with van der Waals surface area (Å²) in [5, 5.41) is 13.5. The second kappa shape index (κ2) is 4.18. The first-order chi connectivity index (χ1) is 8.87. The number of carbonyl (C=O) groups is 1. The van der Waals surface area contributed by atoms with E-state index in [1.807, 2.05) is 54.5 Å². The molecule has 20 heavy (non-hydrogen) atoms. The highest BCUT2D eigenvalue weighted by Crippen LogP contribution is 2.50. The van der Waals surface area contributed by atoms with Crippen LogP contribution in [0.5, 0.6) is 0 Å². The third-order valence-electron chi connectivity index (χ3n) is 4.09. The maximum Gasteiger partial charge on any atom is 0.334 e. The molecule has 0 aromatic rings. The Bertz CT molecular complexity index is 518. The van der Waals surface area contributed by atoms with Gasteiger partial charge in [0, 0.05) is 12.0 Å². The Kier molecular flexibility index (Phi) is 3.19. The van der Waals surface area contributed by atoms with Crippen molar-refractivity contribution in [1.82, 2.24) is 5.06 Å². The van der Waals surface area contributed by atoms with Crippen LogP contribution in [0.4, 0.5) is 0 Å². The van der Waals surface area contributed by atoms with E-state index in [1.54, 1.807) is 0 Å². The third kappa shape index (κ3) is 2.21. The van der Waals surface area contributed by atoms with Crippen molar-refractivity contribution in [1.29, 1.82) is 0 Å². The van der Waals surface area contributed by atoms with Crippen molar-refractivity contribution in [2.24, 2.45) is 0 Å². The van der Waals surface area contributed by atoms with Gasteiger partial charge in [0.25, 0.3) is 0 Å². The van der Waals surface area contributed by atoms with Crippen LogP contribution >= 0.6 is 0 Å². The van der Waals surface area contributed by atoms with Gasteiger partial charge in [0.1, 0.15) is 5.60 Å². The molecule has 1 radical (unpaired) electrons. The number of carbonyl (C=O) groups excluding carboxylic acids is 1. The number of ether oxygens (including phenoxy) is 1. The van der Waals surface area contributed by atoms with E-state index in [4.69, 9.17) is 4.74 Å². The molecule has 0 N–H and O–H groups in total. The zero-order valence-electron chi connectivity index (χ0n) is 13.5. The van der Waals surface area contributed by atoms with Gasteiger partial charge in [-0.3, -0.25) is 0 Å². The lowest BCUT2D eigenvalue weighted by Gasteiger charge is -2.35. The lowest BCUT2D eigenvalue weighted by atomic mass is 9.92. The first-order valence-electron chi connectivity index (χ1n) is 7.03. The van der Waals surface area contributed by atoms with Gasteiger partial charge in [0.05, 0.1) is 11.1 Å². The van der Waals surface area contributed by atoms with Gasteiger partial charge in [-0.1, -0.05) is 0 Å². The van der Waals surface area contributed by atoms with E-state index < -0.39 is 16.7 Å². The summed E-state index contributed by atoms with van der Waals surface area (Å²) in [6.07, 6.45) is 2.36. The highest BCUT2D eigenvalue weighted by Gasteiger charge is 2.53. The maximum atomic E-state index is 12.4.